The molecule has 0 aliphatic rings. The standard InChI is InChI=1S/C22H17Cl2N3O2/c23-15-5-9-17(10-6-15)25-22(28)13-27-20-4-2-1-3-19(20)26-21(27)14-29-18-11-7-16(24)8-12-18/h1-12H,13-14H2,(H,25,28). The van der Waals surface area contributed by atoms with Gasteiger partial charge in [0.25, 0.3) is 0 Å². The third kappa shape index (κ3) is 4.70. The van der Waals surface area contributed by atoms with Crippen molar-refractivity contribution in [1.82, 2.24) is 9.55 Å². The Morgan fingerprint density at radius 1 is 0.931 bits per heavy atom. The summed E-state index contributed by atoms with van der Waals surface area (Å²) in [5.74, 6) is 1.18. The normalized spacial score (nSPS) is 10.8. The first kappa shape index (κ1) is 19.3. The first-order valence-corrected chi connectivity index (χ1v) is 9.72. The van der Waals surface area contributed by atoms with E-state index in [1.807, 2.05) is 28.8 Å². The van der Waals surface area contributed by atoms with E-state index in [1.165, 1.54) is 0 Å². The van der Waals surface area contributed by atoms with Crippen molar-refractivity contribution in [2.24, 2.45) is 0 Å². The lowest BCUT2D eigenvalue weighted by molar-refractivity contribution is -0.116. The van der Waals surface area contributed by atoms with Crippen molar-refractivity contribution in [2.75, 3.05) is 5.32 Å². The fourth-order valence-corrected chi connectivity index (χ4v) is 3.22. The number of imidazole rings is 1. The molecule has 29 heavy (non-hydrogen) atoms. The number of nitrogens with one attached hydrogen (secondary N) is 1. The van der Waals surface area contributed by atoms with Gasteiger partial charge in [0.2, 0.25) is 5.91 Å². The zero-order valence-electron chi connectivity index (χ0n) is 15.3. The number of nitrogens with zero attached hydrogens (tertiary/aromatic N) is 2. The summed E-state index contributed by atoms with van der Waals surface area (Å²) in [7, 11) is 0. The number of para-hydroxylation sites is 2. The van der Waals surface area contributed by atoms with Crippen LogP contribution in [0.5, 0.6) is 5.75 Å². The molecule has 0 atom stereocenters. The molecule has 7 heteroatoms. The van der Waals surface area contributed by atoms with Crippen molar-refractivity contribution >= 4 is 45.8 Å². The summed E-state index contributed by atoms with van der Waals surface area (Å²) in [5, 5.41) is 4.14. The number of hydrogen-bond acceptors (Lipinski definition) is 3. The highest BCUT2D eigenvalue weighted by Crippen LogP contribution is 2.20. The molecular weight excluding hydrogens is 409 g/mol. The van der Waals surface area contributed by atoms with Gasteiger partial charge < -0.3 is 14.6 Å². The van der Waals surface area contributed by atoms with Gasteiger partial charge in [0, 0.05) is 15.7 Å². The van der Waals surface area contributed by atoms with E-state index in [9.17, 15) is 4.79 Å². The van der Waals surface area contributed by atoms with Crippen molar-refractivity contribution in [1.29, 1.82) is 0 Å². The molecule has 0 aliphatic carbocycles. The minimum atomic E-state index is -0.164. The van der Waals surface area contributed by atoms with Crippen LogP contribution in [0.15, 0.2) is 72.8 Å². The van der Waals surface area contributed by atoms with Crippen LogP contribution in [0.3, 0.4) is 0 Å². The Hall–Kier alpha value is -3.02. The number of anilines is 1. The molecule has 0 spiro atoms. The van der Waals surface area contributed by atoms with Gasteiger partial charge >= 0.3 is 0 Å². The second-order valence-electron chi connectivity index (χ2n) is 6.40. The molecule has 1 N–H and O–H groups in total. The highest BCUT2D eigenvalue weighted by atomic mass is 35.5. The monoisotopic (exact) mass is 425 g/mol. The number of fused-ring (bicyclic) bond motifs is 1. The van der Waals surface area contributed by atoms with Gasteiger partial charge in [-0.05, 0) is 60.7 Å². The van der Waals surface area contributed by atoms with E-state index in [0.29, 0.717) is 27.3 Å². The summed E-state index contributed by atoms with van der Waals surface area (Å²) < 4.78 is 7.70. The number of ether oxygens (including phenoxy) is 1. The number of rotatable bonds is 6. The summed E-state index contributed by atoms with van der Waals surface area (Å²) in [5.41, 5.74) is 2.36. The highest BCUT2D eigenvalue weighted by Gasteiger charge is 2.14. The highest BCUT2D eigenvalue weighted by molar-refractivity contribution is 6.30. The summed E-state index contributed by atoms with van der Waals surface area (Å²) in [6, 6.07) is 21.8. The molecule has 0 radical (unpaired) electrons. The predicted octanol–water partition coefficient (Wildman–Crippen LogP) is 5.56. The number of hydrogen-bond donors (Lipinski definition) is 1. The van der Waals surface area contributed by atoms with E-state index in [1.54, 1.807) is 48.5 Å². The van der Waals surface area contributed by atoms with Crippen molar-refractivity contribution in [2.45, 2.75) is 13.2 Å². The van der Waals surface area contributed by atoms with Crippen molar-refractivity contribution in [3.05, 3.63) is 88.7 Å². The summed E-state index contributed by atoms with van der Waals surface area (Å²) in [6.07, 6.45) is 0. The second kappa shape index (κ2) is 8.55. The molecule has 4 aromatic rings. The molecule has 0 saturated heterocycles. The van der Waals surface area contributed by atoms with Crippen LogP contribution >= 0.6 is 23.2 Å². The Bertz CT molecular complexity index is 1140. The lowest BCUT2D eigenvalue weighted by Crippen LogP contribution is -2.20. The van der Waals surface area contributed by atoms with Gasteiger partial charge in [0.15, 0.2) is 0 Å². The number of carbonyl (C=O) groups excluding carboxylic acids is 1. The minimum absolute atomic E-state index is 0.114. The van der Waals surface area contributed by atoms with Gasteiger partial charge in [-0.15, -0.1) is 0 Å². The molecule has 1 amide bonds. The van der Waals surface area contributed by atoms with Gasteiger partial charge in [-0.3, -0.25) is 4.79 Å². The van der Waals surface area contributed by atoms with Crippen LogP contribution in [0.1, 0.15) is 5.82 Å². The topological polar surface area (TPSA) is 56.2 Å². The Kier molecular flexibility index (Phi) is 5.69. The molecule has 0 fully saturated rings. The Balaban J connectivity index is 1.55. The quantitative estimate of drug-likeness (QED) is 0.439. The van der Waals surface area contributed by atoms with Crippen LogP contribution in [-0.4, -0.2) is 15.5 Å². The van der Waals surface area contributed by atoms with Gasteiger partial charge in [0.05, 0.1) is 11.0 Å². The lowest BCUT2D eigenvalue weighted by Gasteiger charge is -2.11. The van der Waals surface area contributed by atoms with Crippen molar-refractivity contribution < 1.29 is 9.53 Å². The number of benzene rings is 3. The van der Waals surface area contributed by atoms with E-state index in [2.05, 4.69) is 10.3 Å². The Morgan fingerprint density at radius 2 is 1.59 bits per heavy atom. The molecule has 0 unspecified atom stereocenters. The smallest absolute Gasteiger partial charge is 0.244 e. The van der Waals surface area contributed by atoms with Gasteiger partial charge in [-0.1, -0.05) is 35.3 Å². The maximum Gasteiger partial charge on any atom is 0.244 e. The first-order valence-electron chi connectivity index (χ1n) is 8.96. The molecule has 0 saturated carbocycles. The number of aromatic nitrogens is 2. The molecule has 4 rings (SSSR count). The molecule has 0 bridgehead atoms. The van der Waals surface area contributed by atoms with Gasteiger partial charge in [-0.2, -0.15) is 0 Å². The van der Waals surface area contributed by atoms with E-state index in [-0.39, 0.29) is 19.1 Å². The van der Waals surface area contributed by atoms with Crippen molar-refractivity contribution in [3.63, 3.8) is 0 Å². The van der Waals surface area contributed by atoms with Crippen molar-refractivity contribution in [3.8, 4) is 5.75 Å². The van der Waals surface area contributed by atoms with Crippen LogP contribution in [0.2, 0.25) is 10.0 Å². The Morgan fingerprint density at radius 3 is 2.31 bits per heavy atom. The fraction of sp³-hybridized carbons (Fsp3) is 0.0909. The van der Waals surface area contributed by atoms with Crippen LogP contribution in [-0.2, 0) is 17.9 Å². The summed E-state index contributed by atoms with van der Waals surface area (Å²) in [4.78, 5) is 17.3. The first-order chi connectivity index (χ1) is 14.1. The maximum absolute atomic E-state index is 12.6. The average molecular weight is 426 g/mol. The third-order valence-electron chi connectivity index (χ3n) is 4.34. The predicted molar refractivity (Wildman–Crippen MR) is 116 cm³/mol. The van der Waals surface area contributed by atoms with Gasteiger partial charge in [0.1, 0.15) is 24.7 Å². The molecule has 0 aliphatic heterocycles. The second-order valence-corrected chi connectivity index (χ2v) is 7.27. The summed E-state index contributed by atoms with van der Waals surface area (Å²) >= 11 is 11.8. The maximum atomic E-state index is 12.6. The largest absolute Gasteiger partial charge is 0.486 e. The van der Waals surface area contributed by atoms with Crippen LogP contribution in [0.4, 0.5) is 5.69 Å². The average Bonchev–Trinajstić information content (AvgIpc) is 3.07. The molecule has 146 valence electrons. The molecule has 3 aromatic carbocycles. The van der Waals surface area contributed by atoms with E-state index < -0.39 is 0 Å². The number of carbonyl (C=O) groups is 1. The zero-order valence-corrected chi connectivity index (χ0v) is 16.8. The molecule has 1 aromatic heterocycles. The summed E-state index contributed by atoms with van der Waals surface area (Å²) in [6.45, 7) is 0.340. The van der Waals surface area contributed by atoms with Crippen LogP contribution in [0.25, 0.3) is 11.0 Å². The minimum Gasteiger partial charge on any atom is -0.486 e. The SMILES string of the molecule is O=C(Cn1c(COc2ccc(Cl)cc2)nc2ccccc21)Nc1ccc(Cl)cc1. The Labute approximate surface area is 177 Å². The lowest BCUT2D eigenvalue weighted by atomic mass is 10.3. The number of halogens is 2. The zero-order chi connectivity index (χ0) is 20.2. The van der Waals surface area contributed by atoms with Crippen LogP contribution < -0.4 is 10.1 Å². The van der Waals surface area contributed by atoms with Gasteiger partial charge in [-0.25, -0.2) is 4.98 Å². The molecule has 1 heterocycles. The van der Waals surface area contributed by atoms with Crippen LogP contribution in [0, 0.1) is 0 Å². The van der Waals surface area contributed by atoms with E-state index in [4.69, 9.17) is 27.9 Å². The van der Waals surface area contributed by atoms with E-state index >= 15 is 0 Å². The number of amides is 1. The molecular formula is C22H17Cl2N3O2. The fourth-order valence-electron chi connectivity index (χ4n) is 2.97. The van der Waals surface area contributed by atoms with E-state index in [0.717, 1.165) is 11.0 Å². The molecule has 5 nitrogen and oxygen atoms in total. The third-order valence-corrected chi connectivity index (χ3v) is 4.85.